The fourth-order valence-corrected chi connectivity index (χ4v) is 20.1. The number of aryl methyl sites for hydroxylation is 7. The number of halogens is 9. The van der Waals surface area contributed by atoms with Gasteiger partial charge >= 0.3 is 127 Å². The Balaban J connectivity index is 0.000000282. The summed E-state index contributed by atoms with van der Waals surface area (Å²) in [6.07, 6.45) is 16.2. The molecule has 0 radical (unpaired) electrons. The fourth-order valence-electron chi connectivity index (χ4n) is 9.92. The zero-order chi connectivity index (χ0) is 87.1. The Bertz CT molecular complexity index is 5020. The van der Waals surface area contributed by atoms with Crippen molar-refractivity contribution < 1.29 is 93.3 Å². The first kappa shape index (κ1) is 100. The van der Waals surface area contributed by atoms with Crippen molar-refractivity contribution in [3.05, 3.63) is 229 Å². The smallest absolute Gasteiger partial charge is 0.297 e. The van der Waals surface area contributed by atoms with E-state index in [9.17, 15) is 74.5 Å². The van der Waals surface area contributed by atoms with E-state index in [0.717, 1.165) is 103 Å². The molecule has 0 spiro atoms. The largest absolute Gasteiger partial charge is 0.483 e. The van der Waals surface area contributed by atoms with Crippen LogP contribution in [-0.4, -0.2) is 96.0 Å². The van der Waals surface area contributed by atoms with E-state index in [-0.39, 0.29) is 84.1 Å². The summed E-state index contributed by atoms with van der Waals surface area (Å²) in [6, 6.07) is 34.0. The summed E-state index contributed by atoms with van der Waals surface area (Å²) in [5.41, 5.74) is 14.9. The van der Waals surface area contributed by atoms with E-state index in [4.69, 9.17) is 25.1 Å². The van der Waals surface area contributed by atoms with Crippen molar-refractivity contribution in [2.24, 2.45) is 23.7 Å². The van der Waals surface area contributed by atoms with Gasteiger partial charge in [-0.15, -0.1) is 0 Å². The van der Waals surface area contributed by atoms with Crippen LogP contribution in [0.2, 0.25) is 0 Å². The zero-order valence-corrected chi connectivity index (χ0v) is 75.5. The van der Waals surface area contributed by atoms with Gasteiger partial charge in [0.05, 0.1) is 53.1 Å². The minimum absolute atomic E-state index is 0.0169. The summed E-state index contributed by atoms with van der Waals surface area (Å²) in [5, 5.41) is 14.2. The number of Topliss-reactive ketones (excluding diaryl/α,β-unsaturated/α-hetero) is 4. The van der Waals surface area contributed by atoms with Crippen LogP contribution in [0.15, 0.2) is 168 Å². The molecule has 0 bridgehead atoms. The molecule has 7 aromatic carbocycles. The van der Waals surface area contributed by atoms with Crippen molar-refractivity contribution in [1.82, 2.24) is 9.55 Å². The van der Waals surface area contributed by atoms with Crippen LogP contribution < -0.4 is 10.6 Å². The minimum Gasteiger partial charge on any atom is -0.483 e. The number of esters is 2. The minimum atomic E-state index is -5.33. The Morgan fingerprint density at radius 1 is 0.612 bits per heavy atom. The molecule has 116 heavy (non-hydrogen) atoms. The van der Waals surface area contributed by atoms with Crippen LogP contribution >= 0.6 is 81.2 Å². The third-order valence-electron chi connectivity index (χ3n) is 17.2. The van der Waals surface area contributed by atoms with Gasteiger partial charge in [0.1, 0.15) is 41.4 Å². The summed E-state index contributed by atoms with van der Waals surface area (Å²) in [5.74, 6) is -0.0159. The average Bonchev–Trinajstić information content (AvgIpc) is 1.42. The van der Waals surface area contributed by atoms with Crippen LogP contribution in [0.4, 0.5) is 28.9 Å². The molecule has 5 aliphatic carbocycles. The summed E-state index contributed by atoms with van der Waals surface area (Å²) < 4.78 is 135. The number of rotatable bonds is 20. The van der Waals surface area contributed by atoms with E-state index in [1.54, 1.807) is 93.8 Å². The SMILES string of the molecule is CC#N.CC(=O)C1CC1.CC(=O)OC(C)=O.Cc1cc(F)c(Br)cc1-n1cnc(C2CC2)c1.Cc1cc(F)c(Br)cc1CCC(=O)C1CC1.Cc1cc(F)c(Br)cc1N.Cc1cc(F)c(Br)cc1N(C=O)CC(=O)C1CC1.Cc1ccc(S(=O)(=O)I(=O)(O)c2ccccc2)cc1.Cc1ccc(S(=O)(=O)OCC(=O)C2CC2)cc1.O=CO. The molecule has 1 heterocycles. The van der Waals surface area contributed by atoms with Crippen molar-refractivity contribution in [3.63, 3.8) is 0 Å². The second-order valence-corrected chi connectivity index (χ2v) is 43.6. The Hall–Kier alpha value is -8.21. The van der Waals surface area contributed by atoms with Gasteiger partial charge < -0.3 is 25.0 Å². The number of anilines is 2. The van der Waals surface area contributed by atoms with Gasteiger partial charge in [0.25, 0.3) is 16.6 Å². The molecule has 33 heteroatoms. The topological polar surface area (TPSA) is 352 Å². The van der Waals surface area contributed by atoms with Crippen LogP contribution in [0.25, 0.3) is 5.69 Å². The third-order valence-corrected chi connectivity index (χ3v) is 32.1. The number of carbonyl (C=O) groups is 8. The number of nitrogens with two attached hydrogens (primary N) is 1. The summed E-state index contributed by atoms with van der Waals surface area (Å²) in [7, 11) is -8.03. The monoisotopic (exact) mass is 2010 g/mol. The van der Waals surface area contributed by atoms with Gasteiger partial charge in [-0.25, -0.2) is 22.5 Å². The van der Waals surface area contributed by atoms with E-state index in [1.807, 2.05) is 38.5 Å². The van der Waals surface area contributed by atoms with Crippen LogP contribution in [0.5, 0.6) is 0 Å². The molecule has 5 fully saturated rings. The van der Waals surface area contributed by atoms with E-state index in [1.165, 1.54) is 105 Å². The standard InChI is InChI=1S/C13H12BrFN2.C13H13BrFNO2.C13H14BrFO.C13H13IO4S.C12H14O4S.C7H7BrFN.C5H8O.C4H6O3.C2H3N.CH2O2/c1-8-4-11(15)10(14)5-13(8)17-6-12(16-7-17)9-2-3-9;1-8-4-11(15)10(14)5-12(8)16(7-17)6-13(18)9-2-3-9;1-8-6-12(15)11(14)7-10(8)4-5-13(16)9-2-3-9;1-11-7-9-13(10-8-11)19(17,18)14(15,16)12-5-3-2-4-6-12;1-9-2-6-11(7-3-9)17(14,15)16-8-12(13)10-4-5-10;1-4-2-6(9)5(8)3-7(4)10;1-4(6)5-2-3-5;1-3(5)7-4(2)6;1-2-3;2-1-3/h4-7,9H,2-3H2,1H3;4-5,7,9H,2-3,6H2,1H3;6-7,9H,2-5H2,1H3;2-10H,1H3,(H,15,16);2-3,6-7,10H,4-5,8H2,1H3;2-3H,10H2,1H3;5H,2-3H2,1H3;1-2H3;1H3;1H,(H,2,3). The summed E-state index contributed by atoms with van der Waals surface area (Å²) in [6.45, 7) is 15.9. The Labute approximate surface area is 710 Å². The van der Waals surface area contributed by atoms with Crippen LogP contribution in [0.3, 0.4) is 0 Å². The van der Waals surface area contributed by atoms with Crippen molar-refractivity contribution in [3.8, 4) is 11.8 Å². The molecular formula is C83H92Br4F4IN5O17S2. The Morgan fingerprint density at radius 2 is 1.04 bits per heavy atom. The Kier molecular flexibility index (Phi) is 41.4. The molecule has 5 aliphatic rings. The molecule has 22 nitrogen and oxygen atoms in total. The first-order valence-corrected chi connectivity index (χ1v) is 47.5. The number of nitriles is 1. The molecule has 626 valence electrons. The van der Waals surface area contributed by atoms with E-state index < -0.39 is 46.5 Å². The number of nitrogen functional groups attached to an aromatic ring is 1. The predicted octanol–water partition coefficient (Wildman–Crippen LogP) is 18.9. The van der Waals surface area contributed by atoms with Gasteiger partial charge in [-0.2, -0.15) is 13.7 Å². The van der Waals surface area contributed by atoms with Gasteiger partial charge in [-0.05, 0) is 264 Å². The number of amides is 1. The second kappa shape index (κ2) is 48.0. The Morgan fingerprint density at radius 3 is 1.48 bits per heavy atom. The van der Waals surface area contributed by atoms with E-state index >= 15 is 0 Å². The predicted molar refractivity (Wildman–Crippen MR) is 454 cm³/mol. The fraction of sp³-hybridized carbons (Fsp3) is 0.349. The van der Waals surface area contributed by atoms with Gasteiger partial charge in [-0.3, -0.25) is 42.5 Å². The summed E-state index contributed by atoms with van der Waals surface area (Å²) in [4.78, 5) is 89.6. The number of benzene rings is 7. The molecule has 1 amide bonds. The number of hydrogen-bond donors (Lipinski definition) is 3. The van der Waals surface area contributed by atoms with Gasteiger partial charge in [0, 0.05) is 74.4 Å². The molecule has 1 unspecified atom stereocenters. The first-order chi connectivity index (χ1) is 54.5. The average molecular weight is 2020 g/mol. The van der Waals surface area contributed by atoms with Crippen LogP contribution in [-0.2, 0) is 73.9 Å². The van der Waals surface area contributed by atoms with Crippen LogP contribution in [0, 0.1) is 103 Å². The van der Waals surface area contributed by atoms with Gasteiger partial charge in [-0.1, -0.05) is 17.7 Å². The number of aromatic nitrogens is 2. The van der Waals surface area contributed by atoms with E-state index in [2.05, 4.69) is 73.4 Å². The second-order valence-electron chi connectivity index (χ2n) is 27.2. The maximum Gasteiger partial charge on any atom is 0.297 e. The third kappa shape index (κ3) is 34.4. The molecule has 13 rings (SSSR count). The number of hydrogen-bond acceptors (Lipinski definition) is 18. The van der Waals surface area contributed by atoms with E-state index in [0.29, 0.717) is 72.5 Å². The first-order valence-electron chi connectivity index (χ1n) is 36.0. The molecule has 8 aromatic rings. The number of carbonyl (C=O) groups excluding carboxylic acids is 7. The maximum absolute atomic E-state index is 13.3. The molecule has 1 atom stereocenters. The maximum atomic E-state index is 13.3. The van der Waals surface area contributed by atoms with Gasteiger partial charge in [0.15, 0.2) is 11.6 Å². The molecule has 1 aromatic heterocycles. The van der Waals surface area contributed by atoms with Crippen molar-refractivity contribution in [1.29, 1.82) is 5.26 Å². The van der Waals surface area contributed by atoms with Gasteiger partial charge in [0.2, 0.25) is 6.41 Å². The van der Waals surface area contributed by atoms with Crippen LogP contribution in [0.1, 0.15) is 149 Å². The molecule has 0 saturated heterocycles. The quantitative estimate of drug-likeness (QED) is 0.00932. The number of ether oxygens (including phenoxy) is 1. The number of ketones is 4. The van der Waals surface area contributed by atoms with Crippen molar-refractivity contribution in [2.75, 3.05) is 23.8 Å². The van der Waals surface area contributed by atoms with Crippen molar-refractivity contribution in [2.45, 2.75) is 162 Å². The number of imidazole rings is 1. The van der Waals surface area contributed by atoms with Crippen molar-refractivity contribution >= 4 is 158 Å². The molecule has 0 aliphatic heterocycles. The molecular weight excluding hydrogens is 1930 g/mol. The number of nitrogens with zero attached hydrogens (tertiary/aromatic N) is 4. The molecule has 4 N–H and O–H groups in total. The zero-order valence-electron chi connectivity index (χ0n) is 65.3. The molecule has 5 saturated carbocycles. The normalized spacial score (nSPS) is 14.2. The number of carboxylic acid groups (broad SMARTS) is 1. The summed E-state index contributed by atoms with van der Waals surface area (Å²) >= 11 is 7.16.